The van der Waals surface area contributed by atoms with Crippen LogP contribution < -0.4 is 10.6 Å². The van der Waals surface area contributed by atoms with Crippen LogP contribution in [0.2, 0.25) is 0 Å². The zero-order valence-electron chi connectivity index (χ0n) is 17.4. The van der Waals surface area contributed by atoms with E-state index in [4.69, 9.17) is 0 Å². The molecule has 1 aromatic carbocycles. The molecule has 4 aliphatic rings. The number of nitrogens with zero attached hydrogens (tertiary/aromatic N) is 2. The molecule has 4 saturated carbocycles. The first-order valence-electron chi connectivity index (χ1n) is 11.0. The second-order valence-electron chi connectivity index (χ2n) is 9.74. The molecule has 1 aromatic heterocycles. The SMILES string of the molecule is Cc1nc(-c2ccc(NC(=O)CNC(=O)CC34CC5CC(CC(C5)C3)C4)cc2)n[nH]1. The topological polar surface area (TPSA) is 99.8 Å². The summed E-state index contributed by atoms with van der Waals surface area (Å²) in [6.07, 6.45) is 8.31. The first kappa shape index (κ1) is 19.3. The minimum Gasteiger partial charge on any atom is -0.347 e. The van der Waals surface area contributed by atoms with Gasteiger partial charge in [-0.15, -0.1) is 0 Å². The molecule has 0 unspecified atom stereocenters. The minimum absolute atomic E-state index is 0.00701. The monoisotopic (exact) mass is 407 g/mol. The third kappa shape index (κ3) is 3.98. The number of carbonyl (C=O) groups excluding carboxylic acids is 2. The number of rotatable bonds is 6. The van der Waals surface area contributed by atoms with Crippen LogP contribution in [-0.4, -0.2) is 33.5 Å². The number of carbonyl (C=O) groups is 2. The smallest absolute Gasteiger partial charge is 0.243 e. The number of aryl methyl sites for hydroxylation is 1. The lowest BCUT2D eigenvalue weighted by Crippen LogP contribution is -2.48. The Morgan fingerprint density at radius 2 is 1.67 bits per heavy atom. The Kier molecular flexibility index (Phi) is 4.83. The molecule has 158 valence electrons. The lowest BCUT2D eigenvalue weighted by molar-refractivity contribution is -0.131. The Labute approximate surface area is 176 Å². The van der Waals surface area contributed by atoms with Crippen LogP contribution in [0, 0.1) is 30.1 Å². The predicted octanol–water partition coefficient (Wildman–Crippen LogP) is 3.44. The van der Waals surface area contributed by atoms with Crippen LogP contribution in [0.25, 0.3) is 11.4 Å². The fourth-order valence-electron chi connectivity index (χ4n) is 6.47. The van der Waals surface area contributed by atoms with Crippen molar-refractivity contribution in [2.24, 2.45) is 23.2 Å². The van der Waals surface area contributed by atoms with Crippen LogP contribution in [0.4, 0.5) is 5.69 Å². The number of H-pyrrole nitrogens is 1. The van der Waals surface area contributed by atoms with E-state index in [1.54, 1.807) is 0 Å². The molecule has 4 fully saturated rings. The van der Waals surface area contributed by atoms with Crippen molar-refractivity contribution in [1.29, 1.82) is 0 Å². The van der Waals surface area contributed by atoms with Crippen LogP contribution >= 0.6 is 0 Å². The van der Waals surface area contributed by atoms with Crippen LogP contribution in [0.1, 0.15) is 50.8 Å². The maximum absolute atomic E-state index is 12.6. The highest BCUT2D eigenvalue weighted by Crippen LogP contribution is 2.61. The summed E-state index contributed by atoms with van der Waals surface area (Å²) in [7, 11) is 0. The molecule has 4 aliphatic carbocycles. The van der Waals surface area contributed by atoms with Crippen molar-refractivity contribution in [3.63, 3.8) is 0 Å². The number of aromatic nitrogens is 3. The van der Waals surface area contributed by atoms with Crippen molar-refractivity contribution >= 4 is 17.5 Å². The molecule has 0 saturated heterocycles. The standard InChI is InChI=1S/C23H29N5O2/c1-14-25-22(28-27-14)18-2-4-19(5-3-18)26-21(30)13-24-20(29)12-23-9-15-6-16(10-23)8-17(7-15)11-23/h2-5,15-17H,6-13H2,1H3,(H,24,29)(H,26,30)(H,25,27,28). The van der Waals surface area contributed by atoms with Crippen molar-refractivity contribution in [2.45, 2.75) is 51.9 Å². The van der Waals surface area contributed by atoms with E-state index < -0.39 is 0 Å². The van der Waals surface area contributed by atoms with Crippen LogP contribution in [0.5, 0.6) is 0 Å². The van der Waals surface area contributed by atoms with E-state index in [1.807, 2.05) is 31.2 Å². The van der Waals surface area contributed by atoms with Crippen LogP contribution in [-0.2, 0) is 9.59 Å². The molecule has 7 nitrogen and oxygen atoms in total. The van der Waals surface area contributed by atoms with Gasteiger partial charge in [0.05, 0.1) is 6.54 Å². The molecular weight excluding hydrogens is 378 g/mol. The van der Waals surface area contributed by atoms with Crippen molar-refractivity contribution in [3.05, 3.63) is 30.1 Å². The third-order valence-electron chi connectivity index (χ3n) is 7.17. The van der Waals surface area contributed by atoms with Gasteiger partial charge in [0.2, 0.25) is 11.8 Å². The van der Waals surface area contributed by atoms with Gasteiger partial charge >= 0.3 is 0 Å². The number of hydrogen-bond donors (Lipinski definition) is 3. The molecule has 7 heteroatoms. The molecule has 2 aromatic rings. The molecule has 0 atom stereocenters. The molecule has 2 amide bonds. The summed E-state index contributed by atoms with van der Waals surface area (Å²) in [5, 5.41) is 12.6. The van der Waals surface area contributed by atoms with Gasteiger partial charge in [-0.2, -0.15) is 5.10 Å². The van der Waals surface area contributed by atoms with Gasteiger partial charge in [0.25, 0.3) is 0 Å². The van der Waals surface area contributed by atoms with E-state index >= 15 is 0 Å². The van der Waals surface area contributed by atoms with Crippen molar-refractivity contribution < 1.29 is 9.59 Å². The molecule has 0 radical (unpaired) electrons. The Morgan fingerprint density at radius 1 is 1.03 bits per heavy atom. The van der Waals surface area contributed by atoms with Gasteiger partial charge in [-0.1, -0.05) is 0 Å². The minimum atomic E-state index is -0.213. The van der Waals surface area contributed by atoms with Crippen LogP contribution in [0.3, 0.4) is 0 Å². The molecule has 6 rings (SSSR count). The van der Waals surface area contributed by atoms with E-state index in [1.165, 1.54) is 38.5 Å². The summed E-state index contributed by atoms with van der Waals surface area (Å²) in [6, 6.07) is 7.36. The van der Waals surface area contributed by atoms with E-state index in [-0.39, 0.29) is 23.8 Å². The average molecular weight is 408 g/mol. The molecular formula is C23H29N5O2. The largest absolute Gasteiger partial charge is 0.347 e. The highest BCUT2D eigenvalue weighted by Gasteiger charge is 2.51. The summed E-state index contributed by atoms with van der Waals surface area (Å²) < 4.78 is 0. The van der Waals surface area contributed by atoms with E-state index in [0.717, 1.165) is 29.1 Å². The van der Waals surface area contributed by atoms with E-state index in [9.17, 15) is 9.59 Å². The summed E-state index contributed by atoms with van der Waals surface area (Å²) in [5.74, 6) is 3.68. The Balaban J connectivity index is 1.11. The number of benzene rings is 1. The van der Waals surface area contributed by atoms with Gasteiger partial charge in [-0.05, 0) is 92.9 Å². The van der Waals surface area contributed by atoms with Gasteiger partial charge in [-0.3, -0.25) is 14.7 Å². The first-order valence-corrected chi connectivity index (χ1v) is 11.0. The van der Waals surface area contributed by atoms with Gasteiger partial charge in [-0.25, -0.2) is 4.98 Å². The quantitative estimate of drug-likeness (QED) is 0.683. The Bertz CT molecular complexity index is 913. The Morgan fingerprint density at radius 3 is 2.23 bits per heavy atom. The molecule has 0 spiro atoms. The first-order chi connectivity index (χ1) is 14.5. The second-order valence-corrected chi connectivity index (χ2v) is 9.74. The molecule has 1 heterocycles. The summed E-state index contributed by atoms with van der Waals surface area (Å²) in [4.78, 5) is 29.2. The van der Waals surface area contributed by atoms with Gasteiger partial charge in [0.1, 0.15) is 5.82 Å². The van der Waals surface area contributed by atoms with Gasteiger partial charge in [0, 0.05) is 17.7 Å². The summed E-state index contributed by atoms with van der Waals surface area (Å²) in [5.41, 5.74) is 1.76. The van der Waals surface area contributed by atoms with Crippen LogP contribution in [0.15, 0.2) is 24.3 Å². The average Bonchev–Trinajstić information content (AvgIpc) is 3.12. The Hall–Kier alpha value is -2.70. The maximum atomic E-state index is 12.6. The highest BCUT2D eigenvalue weighted by molar-refractivity contribution is 5.94. The normalized spacial score (nSPS) is 29.0. The van der Waals surface area contributed by atoms with E-state index in [0.29, 0.717) is 17.9 Å². The summed E-state index contributed by atoms with van der Waals surface area (Å²) >= 11 is 0. The summed E-state index contributed by atoms with van der Waals surface area (Å²) in [6.45, 7) is 1.86. The zero-order chi connectivity index (χ0) is 20.7. The molecule has 4 bridgehead atoms. The fraction of sp³-hybridized carbons (Fsp3) is 0.565. The van der Waals surface area contributed by atoms with Crippen molar-refractivity contribution in [2.75, 3.05) is 11.9 Å². The lowest BCUT2D eigenvalue weighted by Gasteiger charge is -2.56. The maximum Gasteiger partial charge on any atom is 0.243 e. The molecule has 0 aliphatic heterocycles. The van der Waals surface area contributed by atoms with Crippen molar-refractivity contribution in [1.82, 2.24) is 20.5 Å². The highest BCUT2D eigenvalue weighted by atomic mass is 16.2. The second kappa shape index (κ2) is 7.52. The van der Waals surface area contributed by atoms with Crippen molar-refractivity contribution in [3.8, 4) is 11.4 Å². The number of hydrogen-bond acceptors (Lipinski definition) is 4. The lowest BCUT2D eigenvalue weighted by atomic mass is 9.49. The fourth-order valence-corrected chi connectivity index (χ4v) is 6.47. The number of nitrogens with one attached hydrogen (secondary N) is 3. The zero-order valence-corrected chi connectivity index (χ0v) is 17.4. The molecule has 3 N–H and O–H groups in total. The van der Waals surface area contributed by atoms with Gasteiger partial charge < -0.3 is 10.6 Å². The van der Waals surface area contributed by atoms with E-state index in [2.05, 4.69) is 25.8 Å². The van der Waals surface area contributed by atoms with Gasteiger partial charge in [0.15, 0.2) is 5.82 Å². The predicted molar refractivity (Wildman–Crippen MR) is 113 cm³/mol. The molecule has 30 heavy (non-hydrogen) atoms. The number of aromatic amines is 1. The number of amides is 2. The number of anilines is 1. The third-order valence-corrected chi connectivity index (χ3v) is 7.17.